The number of rotatable bonds is 8. The van der Waals surface area contributed by atoms with Gasteiger partial charge in [-0.25, -0.2) is 0 Å². The molecule has 0 aromatic carbocycles. The first-order valence-electron chi connectivity index (χ1n) is 15.3. The Morgan fingerprint density at radius 2 is 1.85 bits per heavy atom. The van der Waals surface area contributed by atoms with E-state index in [4.69, 9.17) is 13.9 Å². The topological polar surface area (TPSA) is 61.8 Å². The summed E-state index contributed by atoms with van der Waals surface area (Å²) in [6.45, 7) is 15.7. The summed E-state index contributed by atoms with van der Waals surface area (Å²) in [6.07, 6.45) is 16.6. The molecule has 4 aliphatic rings. The average Bonchev–Trinajstić information content (AvgIpc) is 3.33. The lowest BCUT2D eigenvalue weighted by molar-refractivity contribution is -0.161. The number of allylic oxidation sites excluding steroid dienone is 3. The summed E-state index contributed by atoms with van der Waals surface area (Å²) in [5.41, 5.74) is 1.32. The second kappa shape index (κ2) is 12.0. The molecule has 4 rings (SSSR count). The monoisotopic (exact) mass is 576 g/mol. The van der Waals surface area contributed by atoms with E-state index in [1.54, 1.807) is 11.8 Å². The van der Waals surface area contributed by atoms with Crippen LogP contribution in [0.3, 0.4) is 0 Å². The summed E-state index contributed by atoms with van der Waals surface area (Å²) in [4.78, 5) is 26.1. The molecule has 7 atom stereocenters. The quantitative estimate of drug-likeness (QED) is 0.217. The van der Waals surface area contributed by atoms with Crippen molar-refractivity contribution in [3.63, 3.8) is 0 Å². The number of ether oxygens (including phenoxy) is 2. The van der Waals surface area contributed by atoms with Crippen LogP contribution < -0.4 is 0 Å². The second-order valence-corrected chi connectivity index (χ2v) is 20.2. The maximum atomic E-state index is 13.5. The zero-order valence-corrected chi connectivity index (χ0v) is 27.4. The van der Waals surface area contributed by atoms with Crippen LogP contribution in [0.1, 0.15) is 92.4 Å². The first-order chi connectivity index (χ1) is 18.2. The van der Waals surface area contributed by atoms with Crippen LogP contribution in [0, 0.1) is 23.7 Å². The summed E-state index contributed by atoms with van der Waals surface area (Å²) < 4.78 is 18.6. The van der Waals surface area contributed by atoms with Crippen LogP contribution >= 0.6 is 11.8 Å². The number of thioether (sulfide) groups is 1. The Bertz CT molecular complexity index is 960. The van der Waals surface area contributed by atoms with Crippen LogP contribution in [-0.4, -0.2) is 49.6 Å². The lowest BCUT2D eigenvalue weighted by Gasteiger charge is -2.44. The second-order valence-electron chi connectivity index (χ2n) is 14.3. The number of esters is 2. The minimum Gasteiger partial charge on any atom is -0.462 e. The molecule has 0 radical (unpaired) electrons. The van der Waals surface area contributed by atoms with Crippen LogP contribution in [0.2, 0.25) is 18.1 Å². The van der Waals surface area contributed by atoms with Gasteiger partial charge in [0.1, 0.15) is 17.0 Å². The van der Waals surface area contributed by atoms with E-state index in [2.05, 4.69) is 72.2 Å². The van der Waals surface area contributed by atoms with Crippen molar-refractivity contribution in [3.8, 4) is 0 Å². The third kappa shape index (κ3) is 6.89. The zero-order valence-electron chi connectivity index (χ0n) is 25.6. The smallest absolute Gasteiger partial charge is 0.322 e. The minimum absolute atomic E-state index is 0.00117. The molecule has 0 aromatic heterocycles. The molecule has 1 saturated carbocycles. The normalized spacial score (nSPS) is 34.7. The van der Waals surface area contributed by atoms with Crippen molar-refractivity contribution in [2.45, 2.75) is 134 Å². The van der Waals surface area contributed by atoms with E-state index < -0.39 is 8.32 Å². The van der Waals surface area contributed by atoms with Gasteiger partial charge >= 0.3 is 11.9 Å². The Kier molecular flexibility index (Phi) is 9.55. The van der Waals surface area contributed by atoms with Gasteiger partial charge in [-0.1, -0.05) is 65.7 Å². The van der Waals surface area contributed by atoms with E-state index in [9.17, 15) is 9.59 Å². The number of hydrogen-bond donors (Lipinski definition) is 0. The van der Waals surface area contributed by atoms with Gasteiger partial charge in [0.15, 0.2) is 8.32 Å². The van der Waals surface area contributed by atoms with Crippen LogP contribution in [-0.2, 0) is 23.5 Å². The minimum atomic E-state index is -1.97. The van der Waals surface area contributed by atoms with Gasteiger partial charge in [0.25, 0.3) is 0 Å². The van der Waals surface area contributed by atoms with Crippen LogP contribution in [0.15, 0.2) is 23.8 Å². The van der Waals surface area contributed by atoms with Crippen LogP contribution in [0.5, 0.6) is 0 Å². The fourth-order valence-electron chi connectivity index (χ4n) is 6.99. The summed E-state index contributed by atoms with van der Waals surface area (Å²) in [6, 6.07) is 0. The van der Waals surface area contributed by atoms with Gasteiger partial charge in [-0.05, 0) is 79.8 Å². The molecule has 7 heteroatoms. The van der Waals surface area contributed by atoms with Gasteiger partial charge in [-0.3, -0.25) is 9.59 Å². The molecule has 2 fully saturated rings. The van der Waals surface area contributed by atoms with E-state index in [1.165, 1.54) is 5.57 Å². The van der Waals surface area contributed by atoms with Gasteiger partial charge in [0, 0.05) is 12.3 Å². The molecule has 0 amide bonds. The summed E-state index contributed by atoms with van der Waals surface area (Å²) >= 11 is 1.68. The third-order valence-electron chi connectivity index (χ3n) is 10.3. The standard InChI is InChI=1S/C32H52O5SSi/c1-21-17-23-12-11-22(2)26(29(23)27(18-21)36-30(34)32(38-6)15-9-10-16-32)14-13-24-19-25(20-28(33)35-24)37-39(7,8)31(3,4)5/h11-12,17,21-22,24-27,29H,9-10,13-16,18-20H2,1-8H3/t21-,22-,24+,25+,26-,27-,29-/m0/s1. The van der Waals surface area contributed by atoms with Crippen molar-refractivity contribution >= 4 is 32.0 Å². The molecule has 3 aliphatic carbocycles. The third-order valence-corrected chi connectivity index (χ3v) is 16.2. The number of carbonyl (C=O) groups excluding carboxylic acids is 2. The molecule has 5 nitrogen and oxygen atoms in total. The number of hydrogen-bond acceptors (Lipinski definition) is 6. The first-order valence-corrected chi connectivity index (χ1v) is 19.4. The predicted molar refractivity (Wildman–Crippen MR) is 162 cm³/mol. The zero-order chi connectivity index (χ0) is 28.6. The molecule has 39 heavy (non-hydrogen) atoms. The summed E-state index contributed by atoms with van der Waals surface area (Å²) in [7, 11) is -1.97. The summed E-state index contributed by atoms with van der Waals surface area (Å²) in [5.74, 6) is 1.17. The Hall–Kier alpha value is -1.05. The van der Waals surface area contributed by atoms with Crippen molar-refractivity contribution in [2.24, 2.45) is 23.7 Å². The Balaban J connectivity index is 1.46. The van der Waals surface area contributed by atoms with Crippen molar-refractivity contribution in [3.05, 3.63) is 23.8 Å². The molecule has 1 saturated heterocycles. The fraction of sp³-hybridized carbons (Fsp3) is 0.812. The SMILES string of the molecule is CSC1(C(=O)O[C@H]2C[C@@H](C)C=C3C=C[C@H](C)[C@H](CC[C@@H]4C[C@@H](O[Si](C)(C)C(C)(C)C)CC(=O)O4)[C@H]32)CCCC1. The van der Waals surface area contributed by atoms with Crippen molar-refractivity contribution in [1.29, 1.82) is 0 Å². The molecule has 0 spiro atoms. The molecule has 220 valence electrons. The van der Waals surface area contributed by atoms with Gasteiger partial charge in [-0.15, -0.1) is 11.8 Å². The first kappa shape index (κ1) is 30.9. The highest BCUT2D eigenvalue weighted by Gasteiger charge is 2.47. The predicted octanol–water partition coefficient (Wildman–Crippen LogP) is 7.85. The van der Waals surface area contributed by atoms with Crippen LogP contribution in [0.25, 0.3) is 0 Å². The highest BCUT2D eigenvalue weighted by Crippen LogP contribution is 2.47. The van der Waals surface area contributed by atoms with Gasteiger partial charge < -0.3 is 13.9 Å². The Labute approximate surface area is 242 Å². The molecule has 0 unspecified atom stereocenters. The largest absolute Gasteiger partial charge is 0.462 e. The number of fused-ring (bicyclic) bond motifs is 1. The molecular formula is C32H52O5SSi. The lowest BCUT2D eigenvalue weighted by atomic mass is 9.65. The maximum Gasteiger partial charge on any atom is 0.322 e. The number of cyclic esters (lactones) is 1. The summed E-state index contributed by atoms with van der Waals surface area (Å²) in [5, 5.41) is 0.106. The number of carbonyl (C=O) groups is 2. The molecule has 1 heterocycles. The van der Waals surface area contributed by atoms with E-state index in [1.807, 2.05) is 0 Å². The highest BCUT2D eigenvalue weighted by atomic mass is 32.2. The van der Waals surface area contributed by atoms with Crippen molar-refractivity contribution in [1.82, 2.24) is 0 Å². The molecule has 1 aliphatic heterocycles. The van der Waals surface area contributed by atoms with E-state index in [0.29, 0.717) is 24.2 Å². The van der Waals surface area contributed by atoms with Crippen molar-refractivity contribution in [2.75, 3.05) is 6.26 Å². The van der Waals surface area contributed by atoms with Gasteiger partial charge in [-0.2, -0.15) is 0 Å². The average molecular weight is 577 g/mol. The molecule has 0 aromatic rings. The lowest BCUT2D eigenvalue weighted by Crippen LogP contribution is -2.47. The fourth-order valence-corrected chi connectivity index (χ4v) is 9.27. The maximum absolute atomic E-state index is 13.5. The highest BCUT2D eigenvalue weighted by molar-refractivity contribution is 8.00. The molecular weight excluding hydrogens is 525 g/mol. The Morgan fingerprint density at radius 3 is 2.49 bits per heavy atom. The van der Waals surface area contributed by atoms with Crippen molar-refractivity contribution < 1.29 is 23.5 Å². The molecule has 0 bridgehead atoms. The van der Waals surface area contributed by atoms with Gasteiger partial charge in [0.05, 0.1) is 12.5 Å². The van der Waals surface area contributed by atoms with E-state index in [-0.39, 0.29) is 46.0 Å². The Morgan fingerprint density at radius 1 is 1.15 bits per heavy atom. The van der Waals surface area contributed by atoms with E-state index >= 15 is 0 Å². The van der Waals surface area contributed by atoms with E-state index in [0.717, 1.165) is 51.4 Å². The van der Waals surface area contributed by atoms with Crippen LogP contribution in [0.4, 0.5) is 0 Å². The van der Waals surface area contributed by atoms with Gasteiger partial charge in [0.2, 0.25) is 0 Å². The molecule has 0 N–H and O–H groups in total.